The summed E-state index contributed by atoms with van der Waals surface area (Å²) in [6, 6.07) is 7.76. The highest BCUT2D eigenvalue weighted by Gasteiger charge is 2.08. The van der Waals surface area contributed by atoms with E-state index >= 15 is 0 Å². The fourth-order valence-corrected chi connectivity index (χ4v) is 2.61. The van der Waals surface area contributed by atoms with Crippen LogP contribution in [0.25, 0.3) is 0 Å². The van der Waals surface area contributed by atoms with Crippen LogP contribution in [0.1, 0.15) is 33.1 Å². The van der Waals surface area contributed by atoms with Crippen LogP contribution in [0.4, 0.5) is 0 Å². The Balaban J connectivity index is 1.56. The van der Waals surface area contributed by atoms with Crippen molar-refractivity contribution in [3.05, 3.63) is 24.3 Å². The molecular formula is C18H29NO3. The van der Waals surface area contributed by atoms with Gasteiger partial charge < -0.3 is 19.1 Å². The Kier molecular flexibility index (Phi) is 7.54. The highest BCUT2D eigenvalue weighted by molar-refractivity contribution is 5.33. The molecule has 0 saturated carbocycles. The smallest absolute Gasteiger partial charge is 0.123 e. The van der Waals surface area contributed by atoms with E-state index in [9.17, 15) is 0 Å². The third kappa shape index (κ3) is 6.67. The molecule has 4 heteroatoms. The Morgan fingerprint density at radius 3 is 2.55 bits per heavy atom. The second-order valence-electron chi connectivity index (χ2n) is 6.00. The van der Waals surface area contributed by atoms with Crippen LogP contribution in [-0.2, 0) is 4.74 Å². The lowest BCUT2D eigenvalue weighted by atomic mass is 10.1. The molecule has 4 nitrogen and oxygen atoms in total. The molecule has 0 spiro atoms. The lowest BCUT2D eigenvalue weighted by Crippen LogP contribution is -2.32. The van der Waals surface area contributed by atoms with Crippen LogP contribution >= 0.6 is 0 Å². The van der Waals surface area contributed by atoms with Crippen LogP contribution in [0.2, 0.25) is 0 Å². The largest absolute Gasteiger partial charge is 0.491 e. The van der Waals surface area contributed by atoms with Gasteiger partial charge >= 0.3 is 0 Å². The van der Waals surface area contributed by atoms with Crippen molar-refractivity contribution in [3.8, 4) is 11.5 Å². The summed E-state index contributed by atoms with van der Waals surface area (Å²) in [7, 11) is 0. The predicted molar refractivity (Wildman–Crippen MR) is 88.8 cm³/mol. The molecule has 2 rings (SSSR count). The van der Waals surface area contributed by atoms with Gasteiger partial charge in [0, 0.05) is 12.6 Å². The Morgan fingerprint density at radius 2 is 1.77 bits per heavy atom. The van der Waals surface area contributed by atoms with Crippen LogP contribution in [0.15, 0.2) is 24.3 Å². The predicted octanol–water partition coefficient (Wildman–Crippen LogP) is 3.36. The minimum Gasteiger partial charge on any atom is -0.491 e. The quantitative estimate of drug-likeness (QED) is 0.655. The Morgan fingerprint density at radius 1 is 1.00 bits per heavy atom. The van der Waals surface area contributed by atoms with Gasteiger partial charge in [-0.05, 0) is 51.9 Å². The third-order valence-electron chi connectivity index (χ3n) is 3.67. The normalized spacial score (nSPS) is 16.0. The van der Waals surface area contributed by atoms with E-state index in [1.165, 1.54) is 32.4 Å². The lowest BCUT2D eigenvalue weighted by Gasteiger charge is -2.26. The lowest BCUT2D eigenvalue weighted by molar-refractivity contribution is 0.0749. The summed E-state index contributed by atoms with van der Waals surface area (Å²) >= 11 is 0. The first-order chi connectivity index (χ1) is 10.7. The summed E-state index contributed by atoms with van der Waals surface area (Å²) in [6.07, 6.45) is 4.22. The van der Waals surface area contributed by atoms with Crippen LogP contribution in [0.3, 0.4) is 0 Å². The molecule has 0 N–H and O–H groups in total. The van der Waals surface area contributed by atoms with E-state index < -0.39 is 0 Å². The average Bonchev–Trinajstić information content (AvgIpc) is 2.51. The zero-order valence-electron chi connectivity index (χ0n) is 13.9. The number of benzene rings is 1. The van der Waals surface area contributed by atoms with Crippen molar-refractivity contribution in [1.82, 2.24) is 4.90 Å². The molecule has 0 bridgehead atoms. The molecule has 0 atom stereocenters. The first-order valence-electron chi connectivity index (χ1n) is 8.43. The van der Waals surface area contributed by atoms with E-state index in [2.05, 4.69) is 4.90 Å². The van der Waals surface area contributed by atoms with Crippen LogP contribution in [-0.4, -0.2) is 50.5 Å². The molecule has 1 fully saturated rings. The second kappa shape index (κ2) is 9.70. The van der Waals surface area contributed by atoms with Gasteiger partial charge in [-0.2, -0.15) is 0 Å². The van der Waals surface area contributed by atoms with Gasteiger partial charge in [-0.3, -0.25) is 0 Å². The number of likely N-dealkylation sites (tertiary alicyclic amines) is 1. The molecule has 1 heterocycles. The van der Waals surface area contributed by atoms with Crippen molar-refractivity contribution in [3.63, 3.8) is 0 Å². The van der Waals surface area contributed by atoms with Crippen molar-refractivity contribution in [2.75, 3.05) is 39.5 Å². The number of ether oxygens (including phenoxy) is 3. The number of rotatable bonds is 9. The maximum absolute atomic E-state index is 5.70. The minimum atomic E-state index is 0.174. The van der Waals surface area contributed by atoms with E-state index in [-0.39, 0.29) is 6.10 Å². The maximum Gasteiger partial charge on any atom is 0.123 e. The van der Waals surface area contributed by atoms with Crippen molar-refractivity contribution in [2.45, 2.75) is 39.2 Å². The van der Waals surface area contributed by atoms with E-state index in [1.807, 2.05) is 38.1 Å². The number of hydrogen-bond donors (Lipinski definition) is 0. The summed E-state index contributed by atoms with van der Waals surface area (Å²) in [5, 5.41) is 0. The summed E-state index contributed by atoms with van der Waals surface area (Å²) in [6.45, 7) is 9.52. The highest BCUT2D eigenvalue weighted by Crippen LogP contribution is 2.20. The van der Waals surface area contributed by atoms with Crippen molar-refractivity contribution in [1.29, 1.82) is 0 Å². The zero-order chi connectivity index (χ0) is 15.6. The molecule has 1 aromatic carbocycles. The van der Waals surface area contributed by atoms with Gasteiger partial charge in [-0.15, -0.1) is 0 Å². The van der Waals surface area contributed by atoms with E-state index in [0.29, 0.717) is 13.2 Å². The van der Waals surface area contributed by atoms with Gasteiger partial charge in [0.2, 0.25) is 0 Å². The molecule has 0 aromatic heterocycles. The molecule has 22 heavy (non-hydrogen) atoms. The van der Waals surface area contributed by atoms with Crippen molar-refractivity contribution >= 4 is 0 Å². The van der Waals surface area contributed by atoms with Crippen LogP contribution in [0.5, 0.6) is 11.5 Å². The molecule has 1 aromatic rings. The molecule has 124 valence electrons. The molecular weight excluding hydrogens is 278 g/mol. The fraction of sp³-hybridized carbons (Fsp3) is 0.667. The van der Waals surface area contributed by atoms with E-state index in [4.69, 9.17) is 14.2 Å². The Hall–Kier alpha value is -1.26. The van der Waals surface area contributed by atoms with E-state index in [0.717, 1.165) is 24.7 Å². The van der Waals surface area contributed by atoms with Crippen LogP contribution in [0, 0.1) is 0 Å². The van der Waals surface area contributed by atoms with Crippen LogP contribution < -0.4 is 9.47 Å². The van der Waals surface area contributed by atoms with E-state index in [1.54, 1.807) is 0 Å². The third-order valence-corrected chi connectivity index (χ3v) is 3.67. The van der Waals surface area contributed by atoms with Gasteiger partial charge in [-0.25, -0.2) is 0 Å². The summed E-state index contributed by atoms with van der Waals surface area (Å²) < 4.78 is 17.0. The second-order valence-corrected chi connectivity index (χ2v) is 6.00. The average molecular weight is 307 g/mol. The van der Waals surface area contributed by atoms with Crippen molar-refractivity contribution in [2.24, 2.45) is 0 Å². The Labute approximate surface area is 134 Å². The number of piperidine rings is 1. The monoisotopic (exact) mass is 307 g/mol. The molecule has 0 radical (unpaired) electrons. The number of nitrogens with zero attached hydrogens (tertiary/aromatic N) is 1. The molecule has 1 saturated heterocycles. The Bertz CT molecular complexity index is 417. The van der Waals surface area contributed by atoms with Gasteiger partial charge in [-0.1, -0.05) is 12.5 Å². The molecule has 0 aliphatic carbocycles. The zero-order valence-corrected chi connectivity index (χ0v) is 13.9. The van der Waals surface area contributed by atoms with Gasteiger partial charge in [0.1, 0.15) is 18.1 Å². The standard InChI is InChI=1S/C18H29NO3/c1-16(2)22-18-8-6-7-17(15-18)21-14-13-20-12-11-19-9-4-3-5-10-19/h6-8,15-16H,3-5,9-14H2,1-2H3. The molecule has 1 aliphatic rings. The van der Waals surface area contributed by atoms with Gasteiger partial charge in [0.05, 0.1) is 19.3 Å². The topological polar surface area (TPSA) is 30.9 Å². The van der Waals surface area contributed by atoms with Gasteiger partial charge in [0.25, 0.3) is 0 Å². The first kappa shape index (κ1) is 17.1. The SMILES string of the molecule is CC(C)Oc1cccc(OCCOCCN2CCCCC2)c1. The first-order valence-corrected chi connectivity index (χ1v) is 8.43. The molecule has 0 amide bonds. The molecule has 1 aliphatic heterocycles. The number of hydrogen-bond acceptors (Lipinski definition) is 4. The highest BCUT2D eigenvalue weighted by atomic mass is 16.5. The summed E-state index contributed by atoms with van der Waals surface area (Å²) in [5.74, 6) is 1.68. The summed E-state index contributed by atoms with van der Waals surface area (Å²) in [4.78, 5) is 2.48. The minimum absolute atomic E-state index is 0.174. The molecule has 0 unspecified atom stereocenters. The van der Waals surface area contributed by atoms with Crippen molar-refractivity contribution < 1.29 is 14.2 Å². The maximum atomic E-state index is 5.70. The fourth-order valence-electron chi connectivity index (χ4n) is 2.61. The van der Waals surface area contributed by atoms with Gasteiger partial charge in [0.15, 0.2) is 0 Å². The summed E-state index contributed by atoms with van der Waals surface area (Å²) in [5.41, 5.74) is 0.